The number of amides is 1. The first-order chi connectivity index (χ1) is 10.3. The molecule has 0 aliphatic heterocycles. The van der Waals surface area contributed by atoms with Crippen molar-refractivity contribution in [1.29, 1.82) is 0 Å². The molecule has 2 nitrogen and oxygen atoms in total. The van der Waals surface area contributed by atoms with Crippen LogP contribution in [-0.4, -0.2) is 17.3 Å². The molecule has 1 saturated carbocycles. The molecule has 1 fully saturated rings. The second-order valence-electron chi connectivity index (χ2n) is 5.76. The van der Waals surface area contributed by atoms with Crippen LogP contribution >= 0.6 is 11.6 Å². The summed E-state index contributed by atoms with van der Waals surface area (Å²) in [5, 5.41) is 5.28. The highest BCUT2D eigenvalue weighted by molar-refractivity contribution is 6.21. The fraction of sp³-hybridized carbons (Fsp3) is 0.389. The van der Waals surface area contributed by atoms with Gasteiger partial charge in [0.15, 0.2) is 0 Å². The highest BCUT2D eigenvalue weighted by Crippen LogP contribution is 2.24. The van der Waals surface area contributed by atoms with Gasteiger partial charge in [-0.05, 0) is 29.7 Å². The van der Waals surface area contributed by atoms with Gasteiger partial charge in [0.25, 0.3) is 5.91 Å². The molecule has 1 aliphatic carbocycles. The monoisotopic (exact) mass is 301 g/mol. The van der Waals surface area contributed by atoms with Crippen LogP contribution < -0.4 is 5.32 Å². The third-order valence-corrected chi connectivity index (χ3v) is 4.80. The molecule has 0 aromatic heterocycles. The highest BCUT2D eigenvalue weighted by atomic mass is 35.5. The number of hydrogen-bond acceptors (Lipinski definition) is 1. The molecule has 2 aromatic carbocycles. The molecule has 0 saturated heterocycles. The highest BCUT2D eigenvalue weighted by Gasteiger charge is 2.24. The molecule has 2 aromatic rings. The molecular weight excluding hydrogens is 282 g/mol. The predicted octanol–water partition coefficient (Wildman–Crippen LogP) is 4.51. The van der Waals surface area contributed by atoms with Crippen molar-refractivity contribution in [2.24, 2.45) is 0 Å². The van der Waals surface area contributed by atoms with E-state index in [1.807, 2.05) is 42.5 Å². The van der Waals surface area contributed by atoms with E-state index in [1.165, 1.54) is 6.42 Å². The van der Waals surface area contributed by atoms with Crippen LogP contribution in [-0.2, 0) is 0 Å². The summed E-state index contributed by atoms with van der Waals surface area (Å²) in [5.74, 6) is -0.00986. The van der Waals surface area contributed by atoms with Gasteiger partial charge in [-0.15, -0.1) is 11.6 Å². The lowest BCUT2D eigenvalue weighted by atomic mass is 10.0. The van der Waals surface area contributed by atoms with Gasteiger partial charge in [-0.2, -0.15) is 0 Å². The van der Waals surface area contributed by atoms with E-state index < -0.39 is 0 Å². The van der Waals surface area contributed by atoms with E-state index >= 15 is 0 Å². The van der Waals surface area contributed by atoms with E-state index in [4.69, 9.17) is 11.6 Å². The number of fused-ring (bicyclic) bond motifs is 1. The SMILES string of the molecule is O=C(NC1CCCCCC1Cl)c1cccc2ccccc12. The number of alkyl halides is 1. The van der Waals surface area contributed by atoms with E-state index in [0.29, 0.717) is 0 Å². The van der Waals surface area contributed by atoms with E-state index in [2.05, 4.69) is 5.32 Å². The molecule has 0 heterocycles. The Labute approximate surface area is 130 Å². The average molecular weight is 302 g/mol. The smallest absolute Gasteiger partial charge is 0.252 e. The molecule has 2 unspecified atom stereocenters. The van der Waals surface area contributed by atoms with Crippen LogP contribution in [0.2, 0.25) is 0 Å². The number of carbonyl (C=O) groups excluding carboxylic acids is 1. The summed E-state index contributed by atoms with van der Waals surface area (Å²) in [7, 11) is 0. The van der Waals surface area contributed by atoms with E-state index in [1.54, 1.807) is 0 Å². The maximum absolute atomic E-state index is 12.6. The molecule has 1 aliphatic rings. The molecule has 21 heavy (non-hydrogen) atoms. The molecular formula is C18H20ClNO. The van der Waals surface area contributed by atoms with Crippen molar-refractivity contribution in [3.8, 4) is 0 Å². The summed E-state index contributed by atoms with van der Waals surface area (Å²) >= 11 is 6.42. The fourth-order valence-corrected chi connectivity index (χ4v) is 3.44. The van der Waals surface area contributed by atoms with Crippen molar-refractivity contribution in [2.45, 2.75) is 43.5 Å². The van der Waals surface area contributed by atoms with Crippen molar-refractivity contribution < 1.29 is 4.79 Å². The molecule has 0 bridgehead atoms. The third kappa shape index (κ3) is 3.21. The van der Waals surface area contributed by atoms with Gasteiger partial charge >= 0.3 is 0 Å². The van der Waals surface area contributed by atoms with Crippen molar-refractivity contribution >= 4 is 28.3 Å². The van der Waals surface area contributed by atoms with Crippen LogP contribution in [0.3, 0.4) is 0 Å². The first-order valence-electron chi connectivity index (χ1n) is 7.68. The van der Waals surface area contributed by atoms with Crippen LogP contribution in [0.4, 0.5) is 0 Å². The number of nitrogens with one attached hydrogen (secondary N) is 1. The summed E-state index contributed by atoms with van der Waals surface area (Å²) in [6, 6.07) is 13.9. The minimum atomic E-state index is -0.00986. The van der Waals surface area contributed by atoms with Crippen molar-refractivity contribution in [1.82, 2.24) is 5.32 Å². The molecule has 110 valence electrons. The fourth-order valence-electron chi connectivity index (χ4n) is 3.09. The Bertz CT molecular complexity index is 635. The molecule has 1 N–H and O–H groups in total. The van der Waals surface area contributed by atoms with Gasteiger partial charge in [0.05, 0.1) is 5.38 Å². The predicted molar refractivity (Wildman–Crippen MR) is 87.9 cm³/mol. The van der Waals surface area contributed by atoms with Crippen LogP contribution in [0.25, 0.3) is 10.8 Å². The first kappa shape index (κ1) is 14.4. The van der Waals surface area contributed by atoms with Crippen LogP contribution in [0, 0.1) is 0 Å². The Balaban J connectivity index is 1.83. The molecule has 0 spiro atoms. The zero-order valence-electron chi connectivity index (χ0n) is 12.0. The quantitative estimate of drug-likeness (QED) is 0.642. The lowest BCUT2D eigenvalue weighted by Gasteiger charge is -2.21. The maximum Gasteiger partial charge on any atom is 0.252 e. The minimum absolute atomic E-state index is 0.00986. The Hall–Kier alpha value is -1.54. The third-order valence-electron chi connectivity index (χ3n) is 4.28. The van der Waals surface area contributed by atoms with Gasteiger partial charge in [-0.25, -0.2) is 0 Å². The number of halogens is 1. The maximum atomic E-state index is 12.6. The molecule has 3 heteroatoms. The molecule has 0 radical (unpaired) electrons. The summed E-state index contributed by atoms with van der Waals surface area (Å²) in [4.78, 5) is 12.6. The topological polar surface area (TPSA) is 29.1 Å². The first-order valence-corrected chi connectivity index (χ1v) is 8.12. The zero-order valence-corrected chi connectivity index (χ0v) is 12.8. The van der Waals surface area contributed by atoms with Crippen LogP contribution in [0.15, 0.2) is 42.5 Å². The Morgan fingerprint density at radius 3 is 2.67 bits per heavy atom. The van der Waals surface area contributed by atoms with Gasteiger partial charge in [-0.3, -0.25) is 4.79 Å². The standard InChI is InChI=1S/C18H20ClNO/c19-16-11-2-1-3-12-17(16)20-18(21)15-10-6-8-13-7-4-5-9-14(13)15/h4-10,16-17H,1-3,11-12H2,(H,20,21). The van der Waals surface area contributed by atoms with Crippen LogP contribution in [0.5, 0.6) is 0 Å². The number of hydrogen-bond donors (Lipinski definition) is 1. The minimum Gasteiger partial charge on any atom is -0.348 e. The second-order valence-corrected chi connectivity index (χ2v) is 6.32. The van der Waals surface area contributed by atoms with Crippen molar-refractivity contribution in [3.63, 3.8) is 0 Å². The van der Waals surface area contributed by atoms with Gasteiger partial charge in [0.1, 0.15) is 0 Å². The van der Waals surface area contributed by atoms with Gasteiger partial charge in [-0.1, -0.05) is 55.7 Å². The second kappa shape index (κ2) is 6.48. The number of rotatable bonds is 2. The average Bonchev–Trinajstić information content (AvgIpc) is 2.71. The normalized spacial score (nSPS) is 22.7. The summed E-state index contributed by atoms with van der Waals surface area (Å²) in [5.41, 5.74) is 0.737. The van der Waals surface area contributed by atoms with E-state index in [9.17, 15) is 4.79 Å². The number of carbonyl (C=O) groups is 1. The lowest BCUT2D eigenvalue weighted by molar-refractivity contribution is 0.0935. The lowest BCUT2D eigenvalue weighted by Crippen LogP contribution is -2.40. The summed E-state index contributed by atoms with van der Waals surface area (Å²) < 4.78 is 0. The molecule has 3 rings (SSSR count). The van der Waals surface area contributed by atoms with Crippen molar-refractivity contribution in [3.05, 3.63) is 48.0 Å². The molecule has 2 atom stereocenters. The van der Waals surface area contributed by atoms with Gasteiger partial charge in [0.2, 0.25) is 0 Å². The van der Waals surface area contributed by atoms with Gasteiger partial charge < -0.3 is 5.32 Å². The largest absolute Gasteiger partial charge is 0.348 e. The number of benzene rings is 2. The van der Waals surface area contributed by atoms with Crippen molar-refractivity contribution in [2.75, 3.05) is 0 Å². The van der Waals surface area contributed by atoms with E-state index in [-0.39, 0.29) is 17.3 Å². The Kier molecular flexibility index (Phi) is 4.45. The molecule has 1 amide bonds. The summed E-state index contributed by atoms with van der Waals surface area (Å²) in [6.07, 6.45) is 5.48. The Morgan fingerprint density at radius 2 is 1.76 bits per heavy atom. The van der Waals surface area contributed by atoms with Gasteiger partial charge in [0, 0.05) is 11.6 Å². The summed E-state index contributed by atoms with van der Waals surface area (Å²) in [6.45, 7) is 0. The van der Waals surface area contributed by atoms with E-state index in [0.717, 1.165) is 42.0 Å². The zero-order chi connectivity index (χ0) is 14.7. The van der Waals surface area contributed by atoms with Crippen LogP contribution in [0.1, 0.15) is 42.5 Å². The Morgan fingerprint density at radius 1 is 1.00 bits per heavy atom.